The molecule has 4 fully saturated rings. The molecule has 106 heavy (non-hydrogen) atoms. The number of halogens is 3. The fourth-order valence-electron chi connectivity index (χ4n) is 9.02. The van der Waals surface area contributed by atoms with Crippen LogP contribution in [0.4, 0.5) is 0 Å². The van der Waals surface area contributed by atoms with E-state index in [1.807, 2.05) is 133 Å². The molecule has 7 N–H and O–H groups in total. The van der Waals surface area contributed by atoms with Crippen LogP contribution >= 0.6 is 15.9 Å². The fraction of sp³-hybridized carbons (Fsp3) is 0.364. The number of hydrogen-bond acceptors (Lipinski definition) is 19. The number of aliphatic carboxylic acids is 1. The SMILES string of the molecule is C.C1CCOC1.CC(=O)O.CC1(C)OB(c2ccc(CBr)cc2)OC1(C)C.CC1(C)OB(c2ccc(COc3ccccc3)cc2)OC1(C)C.CC1(C)OB(c2ccc(COc3ccccc3)cc2)OC1(C)C.N.OB(O)c1ccc(COc2ccccc2)cc1.Oc1ccccc1.[Cs+].[F-].[Na+].[O-][I+3]([O-])([O-])[O-]. The second kappa shape index (κ2) is 49.6. The van der Waals surface area contributed by atoms with Gasteiger partial charge in [0.15, 0.2) is 0 Å². The number of para-hydroxylation sites is 4. The first-order valence-electron chi connectivity index (χ1n) is 33.0. The van der Waals surface area contributed by atoms with Gasteiger partial charge in [-0.25, -0.2) is 0 Å². The van der Waals surface area contributed by atoms with Gasteiger partial charge in [0, 0.05) is 25.5 Å². The Morgan fingerprint density at radius 3 is 0.858 bits per heavy atom. The van der Waals surface area contributed by atoms with Crippen molar-refractivity contribution in [2.45, 2.75) is 169 Å². The van der Waals surface area contributed by atoms with Gasteiger partial charge in [-0.15, -0.1) is 0 Å². The predicted molar refractivity (Wildman–Crippen MR) is 401 cm³/mol. The van der Waals surface area contributed by atoms with Crippen LogP contribution < -0.4 is 179 Å². The summed E-state index contributed by atoms with van der Waals surface area (Å²) in [6.07, 6.45) is 2.56. The standard InChI is InChI=1S/2C19H23BO3.C13H18BBrO2.C13H13BO3.C6H6O.C4H8O.C2H4O2.CH4.Cs.FH.IO4.H3N.Na/c2*1-18(2)19(3,4)23-20(22-18)16-12-10-15(11-13-16)14-21-17-8-6-5-7-9-17;1-12(2)13(3,4)17-14(16-12)11-7-5-10(9-15)6-8-11;15-14(16)12-8-6-11(7-9-12)10-17-13-4-2-1-3-5-13;7-6-4-2-1-3-5-6;1-2-4-5-3-1;1-2(3)4;;;;2-1(3,4)5;;/h2*5-13H,14H2,1-4H3;5-8H,9H2,1-4H3;1-9,15-16H,10H2;1-5,7H;1-4H2;1H3,(H,3,4);1H4;;1H;;1H3;/q;;;;;;;;+1;;-1;;+1/p-1. The van der Waals surface area contributed by atoms with Crippen LogP contribution in [0.3, 0.4) is 0 Å². The number of benzene rings is 8. The first kappa shape index (κ1) is 102. The zero-order chi connectivity index (χ0) is 74.5. The number of phenolic OH excluding ortho intramolecular Hbond substituents is 1. The van der Waals surface area contributed by atoms with E-state index >= 15 is 0 Å². The van der Waals surface area contributed by atoms with Gasteiger partial charge >= 0.3 is 127 Å². The van der Waals surface area contributed by atoms with Gasteiger partial charge < -0.3 is 78.0 Å². The van der Waals surface area contributed by atoms with Crippen molar-refractivity contribution in [3.05, 3.63) is 241 Å². The van der Waals surface area contributed by atoms with Gasteiger partial charge in [-0.05, 0) is 189 Å². The van der Waals surface area contributed by atoms with Crippen molar-refractivity contribution in [1.29, 1.82) is 0 Å². The van der Waals surface area contributed by atoms with E-state index in [0.29, 0.717) is 31.0 Å². The van der Waals surface area contributed by atoms with E-state index in [4.69, 9.17) is 85.7 Å². The van der Waals surface area contributed by atoms with Crippen LogP contribution in [-0.4, -0.2) is 102 Å². The van der Waals surface area contributed by atoms with Gasteiger partial charge in [-0.1, -0.05) is 193 Å². The monoisotopic (exact) mass is 1770 g/mol. The summed E-state index contributed by atoms with van der Waals surface area (Å²) in [5.41, 5.74) is 6.31. The van der Waals surface area contributed by atoms with E-state index in [1.54, 1.807) is 36.4 Å². The summed E-state index contributed by atoms with van der Waals surface area (Å²) in [7, 11) is -2.31. The first-order chi connectivity index (χ1) is 47.5. The minimum Gasteiger partial charge on any atom is -1.00 e. The number of carboxylic acids is 1. The minimum absolute atomic E-state index is 0. The van der Waals surface area contributed by atoms with Crippen LogP contribution in [-0.2, 0) is 62.6 Å². The Morgan fingerprint density at radius 1 is 0.453 bits per heavy atom. The molecule has 0 bridgehead atoms. The van der Waals surface area contributed by atoms with E-state index < -0.39 is 33.2 Å². The molecule has 564 valence electrons. The molecule has 12 rings (SSSR count). The Hall–Kier alpha value is -3.68. The van der Waals surface area contributed by atoms with Crippen LogP contribution in [0.5, 0.6) is 23.0 Å². The quantitative estimate of drug-likeness (QED) is 0.0420. The smallest absolute Gasteiger partial charge is 1.00 e. The number of hydrogen-bond donors (Lipinski definition) is 5. The maximum absolute atomic E-state index is 9.00. The fourth-order valence-corrected chi connectivity index (χ4v) is 9.39. The Kier molecular flexibility index (Phi) is 47.9. The van der Waals surface area contributed by atoms with Gasteiger partial charge in [-0.3, -0.25) is 18.5 Å². The van der Waals surface area contributed by atoms with E-state index in [1.165, 1.54) is 18.4 Å². The summed E-state index contributed by atoms with van der Waals surface area (Å²) < 4.78 is 92.7. The average Bonchev–Trinajstić information content (AvgIpc) is 1.64. The zero-order valence-corrected chi connectivity index (χ0v) is 75.0. The molecule has 0 aromatic heterocycles. The van der Waals surface area contributed by atoms with Crippen LogP contribution in [0.1, 0.15) is 133 Å². The molecule has 0 atom stereocenters. The van der Waals surface area contributed by atoms with Gasteiger partial charge in [0.25, 0.3) is 5.97 Å². The van der Waals surface area contributed by atoms with Gasteiger partial charge in [0.05, 0.1) is 33.6 Å². The van der Waals surface area contributed by atoms with Gasteiger partial charge in [0.2, 0.25) is 0 Å². The zero-order valence-electron chi connectivity index (χ0n) is 63.0. The van der Waals surface area contributed by atoms with Crippen LogP contribution in [0.25, 0.3) is 0 Å². The van der Waals surface area contributed by atoms with E-state index in [0.717, 1.165) is 75.8 Å². The van der Waals surface area contributed by atoms with Crippen LogP contribution in [0.2, 0.25) is 0 Å². The van der Waals surface area contributed by atoms with Crippen molar-refractivity contribution in [2.75, 3.05) is 13.2 Å². The summed E-state index contributed by atoms with van der Waals surface area (Å²) >= 11 is -2.50. The minimum atomic E-state index is -5.94. The molecule has 4 heterocycles. The second-order valence-electron chi connectivity index (χ2n) is 26.6. The largest absolute Gasteiger partial charge is 1.00 e. The third-order valence-electron chi connectivity index (χ3n) is 17.0. The van der Waals surface area contributed by atoms with Crippen molar-refractivity contribution < 1.29 is 209 Å². The Morgan fingerprint density at radius 2 is 0.670 bits per heavy atom. The van der Waals surface area contributed by atoms with Gasteiger partial charge in [-0.2, -0.15) is 0 Å². The van der Waals surface area contributed by atoms with E-state index in [2.05, 4.69) is 148 Å². The summed E-state index contributed by atoms with van der Waals surface area (Å²) in [5, 5.41) is 34.8. The normalized spacial score (nSPS) is 15.8. The maximum atomic E-state index is 9.00. The van der Waals surface area contributed by atoms with Crippen molar-refractivity contribution >= 4 is 72.2 Å². The molecule has 20 nitrogen and oxygen atoms in total. The Balaban J connectivity index is 0.00000126. The third-order valence-corrected chi connectivity index (χ3v) is 17.6. The number of phenols is 1. The van der Waals surface area contributed by atoms with E-state index in [-0.39, 0.29) is 172 Å². The molecule has 29 heteroatoms. The first-order valence-corrected chi connectivity index (χ1v) is 37.6. The molecule has 0 spiro atoms. The summed E-state index contributed by atoms with van der Waals surface area (Å²) in [6, 6.07) is 69.7. The number of carboxylic acid groups (broad SMARTS) is 1. The second-order valence-corrected chi connectivity index (χ2v) is 29.3. The Bertz CT molecular complexity index is 3460. The van der Waals surface area contributed by atoms with Crippen LogP contribution in [0.15, 0.2) is 218 Å². The molecule has 4 aliphatic heterocycles. The summed E-state index contributed by atoms with van der Waals surface area (Å²) in [4.78, 5) is 9.00. The van der Waals surface area contributed by atoms with Crippen molar-refractivity contribution in [1.82, 2.24) is 6.15 Å². The van der Waals surface area contributed by atoms with Crippen molar-refractivity contribution in [3.8, 4) is 23.0 Å². The van der Waals surface area contributed by atoms with Crippen LogP contribution in [0, 0.1) is 0 Å². The molecule has 0 aliphatic carbocycles. The topological polar surface area (TPSA) is 318 Å². The maximum Gasteiger partial charge on any atom is 1.00 e. The van der Waals surface area contributed by atoms with Gasteiger partial charge in [0.1, 0.15) is 62.9 Å². The molecule has 4 aliphatic rings. The molecule has 0 unspecified atom stereocenters. The third kappa shape index (κ3) is 37.1. The number of ether oxygens (including phenoxy) is 4. The van der Waals surface area contributed by atoms with E-state index in [9.17, 15) is 0 Å². The number of carbonyl (C=O) groups is 1. The molecule has 8 aromatic rings. The summed E-state index contributed by atoms with van der Waals surface area (Å²) in [6.45, 7) is 29.4. The molecule has 0 saturated carbocycles. The Labute approximate surface area is 724 Å². The molecular weight excluding hydrogens is 1670 g/mol. The molecule has 0 amide bonds. The number of rotatable bonds is 14. The molecule has 0 radical (unpaired) electrons. The number of alkyl halides is 1. The average molecular weight is 1770 g/mol. The number of aromatic hydroxyl groups is 1. The molecule has 8 aromatic carbocycles. The molecular formula is C77H102B4BrCsFINNaO19. The summed E-state index contributed by atoms with van der Waals surface area (Å²) in [5.74, 6) is 2.06. The molecule has 4 saturated heterocycles. The van der Waals surface area contributed by atoms with Crippen molar-refractivity contribution in [2.24, 2.45) is 0 Å². The predicted octanol–water partition coefficient (Wildman–Crippen LogP) is -2.71. The van der Waals surface area contributed by atoms with Crippen molar-refractivity contribution in [3.63, 3.8) is 0 Å².